The van der Waals surface area contributed by atoms with Crippen molar-refractivity contribution in [3.63, 3.8) is 0 Å². The molecule has 0 aromatic heterocycles. The van der Waals surface area contributed by atoms with Crippen molar-refractivity contribution < 1.29 is 15.3 Å². The maximum Gasteiger partial charge on any atom is 0.0577 e. The van der Waals surface area contributed by atoms with Crippen LogP contribution in [0.15, 0.2) is 0 Å². The summed E-state index contributed by atoms with van der Waals surface area (Å²) in [5.41, 5.74) is 0.649. The summed E-state index contributed by atoms with van der Waals surface area (Å²) in [6.45, 7) is 7.74. The first-order chi connectivity index (χ1) is 12.8. The van der Waals surface area contributed by atoms with E-state index in [-0.39, 0.29) is 17.6 Å². The lowest BCUT2D eigenvalue weighted by molar-refractivity contribution is -0.172. The van der Waals surface area contributed by atoms with Crippen molar-refractivity contribution in [2.24, 2.45) is 46.3 Å². The van der Waals surface area contributed by atoms with Crippen molar-refractivity contribution in [2.45, 2.75) is 97.2 Å². The average Bonchev–Trinajstić information content (AvgIpc) is 2.99. The van der Waals surface area contributed by atoms with Gasteiger partial charge in [0.15, 0.2) is 0 Å². The van der Waals surface area contributed by atoms with Gasteiger partial charge in [0.1, 0.15) is 0 Å². The zero-order valence-corrected chi connectivity index (χ0v) is 17.7. The summed E-state index contributed by atoms with van der Waals surface area (Å²) in [5.74, 6) is 3.95. The van der Waals surface area contributed by atoms with Crippen LogP contribution in [-0.4, -0.2) is 34.1 Å². The molecule has 0 unspecified atom stereocenters. The highest BCUT2D eigenvalue weighted by Crippen LogP contribution is 2.68. The Labute approximate surface area is 165 Å². The summed E-state index contributed by atoms with van der Waals surface area (Å²) >= 11 is 0. The third-order valence-electron chi connectivity index (χ3n) is 10.2. The Balaban J connectivity index is 1.56. The molecule has 0 aliphatic heterocycles. The third-order valence-corrected chi connectivity index (χ3v) is 10.2. The molecular formula is C24H42O3. The van der Waals surface area contributed by atoms with E-state index in [1.807, 2.05) is 0 Å². The first-order valence-electron chi connectivity index (χ1n) is 11.8. The van der Waals surface area contributed by atoms with Crippen molar-refractivity contribution in [1.29, 1.82) is 0 Å². The SMILES string of the molecule is C[C@H](CCCO)[C@H]1CC[C@H]2[C@@H]3C[C@H](O)[C@@H]4C[C@H](O)CC[C@]4(C)[C@H]3CC[C@]12C. The monoisotopic (exact) mass is 378 g/mol. The molecule has 3 heteroatoms. The smallest absolute Gasteiger partial charge is 0.0577 e. The van der Waals surface area contributed by atoms with Gasteiger partial charge in [-0.2, -0.15) is 0 Å². The fraction of sp³-hybridized carbons (Fsp3) is 1.00. The molecular weight excluding hydrogens is 336 g/mol. The molecule has 4 saturated carbocycles. The van der Waals surface area contributed by atoms with E-state index in [2.05, 4.69) is 20.8 Å². The highest BCUT2D eigenvalue weighted by Gasteiger charge is 2.62. The molecule has 4 rings (SSSR count). The topological polar surface area (TPSA) is 60.7 Å². The van der Waals surface area contributed by atoms with Crippen LogP contribution < -0.4 is 0 Å². The van der Waals surface area contributed by atoms with Crippen LogP contribution in [0.4, 0.5) is 0 Å². The van der Waals surface area contributed by atoms with Gasteiger partial charge in [-0.25, -0.2) is 0 Å². The van der Waals surface area contributed by atoms with E-state index >= 15 is 0 Å². The van der Waals surface area contributed by atoms with Crippen LogP contribution in [0, 0.1) is 46.3 Å². The van der Waals surface area contributed by atoms with Crippen LogP contribution in [0.25, 0.3) is 0 Å². The number of fused-ring (bicyclic) bond motifs is 5. The lowest BCUT2D eigenvalue weighted by Crippen LogP contribution is -2.58. The van der Waals surface area contributed by atoms with Crippen molar-refractivity contribution in [3.05, 3.63) is 0 Å². The van der Waals surface area contributed by atoms with Gasteiger partial charge in [0.2, 0.25) is 0 Å². The minimum Gasteiger partial charge on any atom is -0.396 e. The minimum atomic E-state index is -0.223. The van der Waals surface area contributed by atoms with Gasteiger partial charge < -0.3 is 15.3 Å². The van der Waals surface area contributed by atoms with Crippen molar-refractivity contribution in [1.82, 2.24) is 0 Å². The fourth-order valence-corrected chi connectivity index (χ4v) is 8.87. The number of hydrogen-bond donors (Lipinski definition) is 3. The van der Waals surface area contributed by atoms with Crippen molar-refractivity contribution >= 4 is 0 Å². The summed E-state index contributed by atoms with van der Waals surface area (Å²) < 4.78 is 0. The quantitative estimate of drug-likeness (QED) is 0.680. The average molecular weight is 379 g/mol. The molecule has 4 fully saturated rings. The Bertz CT molecular complexity index is 536. The largest absolute Gasteiger partial charge is 0.396 e. The summed E-state index contributed by atoms with van der Waals surface area (Å²) in [6, 6.07) is 0. The molecule has 3 nitrogen and oxygen atoms in total. The molecule has 3 N–H and O–H groups in total. The molecule has 156 valence electrons. The van der Waals surface area contributed by atoms with Crippen LogP contribution >= 0.6 is 0 Å². The molecule has 0 spiro atoms. The maximum absolute atomic E-state index is 11.1. The Hall–Kier alpha value is -0.120. The molecule has 27 heavy (non-hydrogen) atoms. The molecule has 4 aliphatic rings. The van der Waals surface area contributed by atoms with E-state index in [1.165, 1.54) is 25.7 Å². The zero-order chi connectivity index (χ0) is 19.4. The number of aliphatic hydroxyl groups excluding tert-OH is 3. The Morgan fingerprint density at radius 1 is 0.889 bits per heavy atom. The van der Waals surface area contributed by atoms with E-state index < -0.39 is 0 Å². The third kappa shape index (κ3) is 3.11. The second-order valence-electron chi connectivity index (χ2n) is 11.3. The lowest BCUT2D eigenvalue weighted by atomic mass is 9.44. The summed E-state index contributed by atoms with van der Waals surface area (Å²) in [7, 11) is 0. The first kappa shape index (κ1) is 20.2. The summed E-state index contributed by atoms with van der Waals surface area (Å²) in [6.07, 6.45) is 10.8. The van der Waals surface area contributed by atoms with Gasteiger partial charge in [-0.05, 0) is 111 Å². The molecule has 0 heterocycles. The van der Waals surface area contributed by atoms with Crippen LogP contribution in [0.2, 0.25) is 0 Å². The van der Waals surface area contributed by atoms with Crippen LogP contribution in [0.1, 0.15) is 85.0 Å². The number of aliphatic hydroxyl groups is 3. The Kier molecular flexibility index (Phi) is 5.44. The van der Waals surface area contributed by atoms with Gasteiger partial charge >= 0.3 is 0 Å². The zero-order valence-electron chi connectivity index (χ0n) is 17.7. The van der Waals surface area contributed by atoms with Gasteiger partial charge in [0.25, 0.3) is 0 Å². The second kappa shape index (κ2) is 7.29. The molecule has 4 aliphatic carbocycles. The number of rotatable bonds is 4. The van der Waals surface area contributed by atoms with Crippen LogP contribution in [-0.2, 0) is 0 Å². The van der Waals surface area contributed by atoms with E-state index in [0.29, 0.717) is 29.8 Å². The molecule has 0 saturated heterocycles. The van der Waals surface area contributed by atoms with E-state index in [0.717, 1.165) is 56.3 Å². The summed E-state index contributed by atoms with van der Waals surface area (Å²) in [4.78, 5) is 0. The molecule has 10 atom stereocenters. The fourth-order valence-electron chi connectivity index (χ4n) is 8.87. The van der Waals surface area contributed by atoms with E-state index in [1.54, 1.807) is 0 Å². The van der Waals surface area contributed by atoms with Gasteiger partial charge in [-0.15, -0.1) is 0 Å². The van der Waals surface area contributed by atoms with Crippen molar-refractivity contribution in [3.8, 4) is 0 Å². The second-order valence-corrected chi connectivity index (χ2v) is 11.3. The standard InChI is InChI=1S/C24H42O3/c1-15(5-4-12-25)18-6-7-19-17-14-22(27)21-13-16(26)8-10-24(21,3)20(17)9-11-23(18,19)2/h15-22,25-27H,4-14H2,1-3H3/t15-,16-,17+,18-,19+,20+,21+,22+,23-,24-/m1/s1. The molecule has 0 amide bonds. The van der Waals surface area contributed by atoms with Gasteiger partial charge in [0.05, 0.1) is 12.2 Å². The van der Waals surface area contributed by atoms with E-state index in [4.69, 9.17) is 0 Å². The van der Waals surface area contributed by atoms with E-state index in [9.17, 15) is 15.3 Å². The highest BCUT2D eigenvalue weighted by atomic mass is 16.3. The van der Waals surface area contributed by atoms with Gasteiger partial charge in [-0.3, -0.25) is 0 Å². The normalized spacial score (nSPS) is 53.3. The van der Waals surface area contributed by atoms with Crippen molar-refractivity contribution in [2.75, 3.05) is 6.61 Å². The maximum atomic E-state index is 11.1. The van der Waals surface area contributed by atoms with Gasteiger partial charge in [0, 0.05) is 6.61 Å². The first-order valence-corrected chi connectivity index (χ1v) is 11.8. The predicted octanol–water partition coefficient (Wildman–Crippen LogP) is 4.39. The minimum absolute atomic E-state index is 0.202. The molecule has 0 aromatic carbocycles. The molecule has 0 aromatic rings. The summed E-state index contributed by atoms with van der Waals surface area (Å²) in [5, 5.41) is 30.5. The van der Waals surface area contributed by atoms with Crippen LogP contribution in [0.3, 0.4) is 0 Å². The predicted molar refractivity (Wildman–Crippen MR) is 108 cm³/mol. The lowest BCUT2D eigenvalue weighted by Gasteiger charge is -2.62. The Morgan fingerprint density at radius 2 is 1.59 bits per heavy atom. The highest BCUT2D eigenvalue weighted by molar-refractivity contribution is 5.11. The molecule has 0 radical (unpaired) electrons. The molecule has 0 bridgehead atoms. The van der Waals surface area contributed by atoms with Crippen LogP contribution in [0.5, 0.6) is 0 Å². The van der Waals surface area contributed by atoms with Gasteiger partial charge in [-0.1, -0.05) is 20.8 Å². The Morgan fingerprint density at radius 3 is 2.33 bits per heavy atom. The number of hydrogen-bond acceptors (Lipinski definition) is 3.